The number of amides is 1. The van der Waals surface area contributed by atoms with E-state index in [1.807, 2.05) is 30.3 Å². The van der Waals surface area contributed by atoms with Gasteiger partial charge in [-0.05, 0) is 67.4 Å². The molecule has 0 atom stereocenters. The highest BCUT2D eigenvalue weighted by atomic mass is 32.2. The number of carbonyl (C=O) groups is 2. The van der Waals surface area contributed by atoms with Crippen molar-refractivity contribution in [3.63, 3.8) is 0 Å². The van der Waals surface area contributed by atoms with Gasteiger partial charge < -0.3 is 4.74 Å². The zero-order chi connectivity index (χ0) is 22.7. The summed E-state index contributed by atoms with van der Waals surface area (Å²) >= 11 is 6.69. The van der Waals surface area contributed by atoms with Crippen molar-refractivity contribution < 1.29 is 14.3 Å². The van der Waals surface area contributed by atoms with E-state index in [-0.39, 0.29) is 11.7 Å². The minimum atomic E-state index is -0.171. The van der Waals surface area contributed by atoms with Gasteiger partial charge in [0.15, 0.2) is 10.1 Å². The van der Waals surface area contributed by atoms with Gasteiger partial charge >= 0.3 is 0 Å². The lowest BCUT2D eigenvalue weighted by molar-refractivity contribution is -0.113. The van der Waals surface area contributed by atoms with Crippen molar-refractivity contribution >= 4 is 51.8 Å². The Morgan fingerprint density at radius 2 is 1.66 bits per heavy atom. The van der Waals surface area contributed by atoms with Gasteiger partial charge in [0.25, 0.3) is 5.91 Å². The molecule has 0 spiro atoms. The zero-order valence-corrected chi connectivity index (χ0v) is 19.3. The van der Waals surface area contributed by atoms with E-state index < -0.39 is 0 Å². The normalized spacial score (nSPS) is 14.8. The number of ketones is 1. The third-order valence-corrected chi connectivity index (χ3v) is 6.33. The smallest absolute Gasteiger partial charge is 0.270 e. The van der Waals surface area contributed by atoms with Gasteiger partial charge in [0.2, 0.25) is 0 Å². The standard InChI is InChI=1S/C26H21NO3S2/c1-17-3-5-20(6-4-17)16-30-23-13-7-19(8-14-23)15-24-25(29)27(26(31)32-24)22-11-9-21(10-12-22)18(2)28/h3-15H,16H2,1-2H3/b24-15-. The second-order valence-corrected chi connectivity index (χ2v) is 9.14. The number of carbonyl (C=O) groups excluding carboxylic acids is 2. The maximum Gasteiger partial charge on any atom is 0.270 e. The van der Waals surface area contributed by atoms with Gasteiger partial charge in [-0.2, -0.15) is 0 Å². The van der Waals surface area contributed by atoms with Crippen LogP contribution in [0.25, 0.3) is 6.08 Å². The summed E-state index contributed by atoms with van der Waals surface area (Å²) in [6, 6.07) is 22.7. The molecule has 6 heteroatoms. The van der Waals surface area contributed by atoms with Crippen molar-refractivity contribution in [1.29, 1.82) is 0 Å². The van der Waals surface area contributed by atoms with Gasteiger partial charge in [-0.3, -0.25) is 14.5 Å². The molecule has 1 heterocycles. The maximum atomic E-state index is 12.9. The molecule has 0 bridgehead atoms. The lowest BCUT2D eigenvalue weighted by atomic mass is 10.1. The molecule has 0 unspecified atom stereocenters. The number of thiocarbonyl (C=S) groups is 1. The third kappa shape index (κ3) is 4.98. The maximum absolute atomic E-state index is 12.9. The van der Waals surface area contributed by atoms with Crippen molar-refractivity contribution in [2.24, 2.45) is 0 Å². The Morgan fingerprint density at radius 3 is 2.28 bits per heavy atom. The molecule has 1 aliphatic rings. The quantitative estimate of drug-likeness (QED) is 0.250. The molecule has 1 saturated heterocycles. The second kappa shape index (κ2) is 9.51. The van der Waals surface area contributed by atoms with E-state index in [1.54, 1.807) is 24.3 Å². The number of benzene rings is 3. The summed E-state index contributed by atoms with van der Waals surface area (Å²) in [7, 11) is 0. The van der Waals surface area contributed by atoms with Crippen LogP contribution in [0.3, 0.4) is 0 Å². The van der Waals surface area contributed by atoms with E-state index in [4.69, 9.17) is 17.0 Å². The van der Waals surface area contributed by atoms with Crippen molar-refractivity contribution in [2.75, 3.05) is 4.90 Å². The first-order valence-corrected chi connectivity index (χ1v) is 11.3. The Balaban J connectivity index is 1.44. The highest BCUT2D eigenvalue weighted by Crippen LogP contribution is 2.36. The van der Waals surface area contributed by atoms with Crippen LogP contribution in [-0.4, -0.2) is 16.0 Å². The van der Waals surface area contributed by atoms with Crippen molar-refractivity contribution in [1.82, 2.24) is 0 Å². The summed E-state index contributed by atoms with van der Waals surface area (Å²) in [6.07, 6.45) is 1.83. The predicted molar refractivity (Wildman–Crippen MR) is 134 cm³/mol. The summed E-state index contributed by atoms with van der Waals surface area (Å²) in [6.45, 7) is 4.07. The van der Waals surface area contributed by atoms with Crippen LogP contribution in [0.5, 0.6) is 5.75 Å². The van der Waals surface area contributed by atoms with Crippen LogP contribution in [0.1, 0.15) is 34.0 Å². The number of Topliss-reactive ketones (excluding diaryl/α,β-unsaturated/α-hetero) is 1. The van der Waals surface area contributed by atoms with E-state index in [2.05, 4.69) is 31.2 Å². The molecule has 32 heavy (non-hydrogen) atoms. The first kappa shape index (κ1) is 22.0. The molecule has 0 aliphatic carbocycles. The molecular formula is C26H21NO3S2. The van der Waals surface area contributed by atoms with Gasteiger partial charge in [0, 0.05) is 5.56 Å². The van der Waals surface area contributed by atoms with Crippen molar-refractivity contribution in [3.8, 4) is 5.75 Å². The summed E-state index contributed by atoms with van der Waals surface area (Å²) in [5, 5.41) is 0. The molecule has 0 N–H and O–H groups in total. The van der Waals surface area contributed by atoms with E-state index in [9.17, 15) is 9.59 Å². The first-order valence-electron chi connectivity index (χ1n) is 10.1. The summed E-state index contributed by atoms with van der Waals surface area (Å²) in [4.78, 5) is 26.5. The molecule has 0 saturated carbocycles. The molecule has 1 amide bonds. The fraction of sp³-hybridized carbons (Fsp3) is 0.115. The molecular weight excluding hydrogens is 438 g/mol. The van der Waals surface area contributed by atoms with Crippen molar-refractivity contribution in [2.45, 2.75) is 20.5 Å². The molecule has 0 radical (unpaired) electrons. The third-order valence-electron chi connectivity index (χ3n) is 5.03. The molecule has 3 aromatic rings. The van der Waals surface area contributed by atoms with Crippen LogP contribution in [0.15, 0.2) is 77.7 Å². The Kier molecular flexibility index (Phi) is 6.53. The number of rotatable bonds is 6. The molecule has 1 fully saturated rings. The number of thioether (sulfide) groups is 1. The average Bonchev–Trinajstić information content (AvgIpc) is 3.07. The number of ether oxygens (including phenoxy) is 1. The van der Waals surface area contributed by atoms with E-state index in [0.29, 0.717) is 27.1 Å². The molecule has 3 aromatic carbocycles. The number of anilines is 1. The summed E-state index contributed by atoms with van der Waals surface area (Å²) < 4.78 is 6.32. The van der Waals surface area contributed by atoms with Crippen LogP contribution in [0.2, 0.25) is 0 Å². The zero-order valence-electron chi connectivity index (χ0n) is 17.7. The van der Waals surface area contributed by atoms with Crippen LogP contribution >= 0.6 is 24.0 Å². The Bertz CT molecular complexity index is 1200. The van der Waals surface area contributed by atoms with Gasteiger partial charge in [-0.15, -0.1) is 0 Å². The molecule has 4 nitrogen and oxygen atoms in total. The van der Waals surface area contributed by atoms with Gasteiger partial charge in [0.05, 0.1) is 10.6 Å². The predicted octanol–water partition coefficient (Wildman–Crippen LogP) is 6.18. The Morgan fingerprint density at radius 1 is 1.00 bits per heavy atom. The molecule has 1 aliphatic heterocycles. The average molecular weight is 460 g/mol. The lowest BCUT2D eigenvalue weighted by Gasteiger charge is -2.14. The summed E-state index contributed by atoms with van der Waals surface area (Å²) in [5.41, 5.74) is 4.47. The van der Waals surface area contributed by atoms with Gasteiger partial charge in [-0.1, -0.05) is 65.9 Å². The lowest BCUT2D eigenvalue weighted by Crippen LogP contribution is -2.27. The van der Waals surface area contributed by atoms with Crippen molar-refractivity contribution in [3.05, 3.63) is 100.0 Å². The second-order valence-electron chi connectivity index (χ2n) is 7.46. The van der Waals surface area contributed by atoms with E-state index >= 15 is 0 Å². The fourth-order valence-corrected chi connectivity index (χ4v) is 4.50. The minimum Gasteiger partial charge on any atom is -0.489 e. The topological polar surface area (TPSA) is 46.6 Å². The fourth-order valence-electron chi connectivity index (χ4n) is 3.20. The summed E-state index contributed by atoms with van der Waals surface area (Å²) in [5.74, 6) is 0.573. The molecule has 0 aromatic heterocycles. The number of nitrogens with zero attached hydrogens (tertiary/aromatic N) is 1. The SMILES string of the molecule is CC(=O)c1ccc(N2C(=O)/C(=C/c3ccc(OCc4ccc(C)cc4)cc3)SC2=S)cc1. The number of aryl methyl sites for hydroxylation is 1. The highest BCUT2D eigenvalue weighted by Gasteiger charge is 2.33. The number of hydrogen-bond acceptors (Lipinski definition) is 5. The van der Waals surface area contributed by atoms with E-state index in [0.717, 1.165) is 16.9 Å². The van der Waals surface area contributed by atoms with Crippen LogP contribution < -0.4 is 9.64 Å². The first-order chi connectivity index (χ1) is 15.4. The van der Waals surface area contributed by atoms with Crippen LogP contribution in [0.4, 0.5) is 5.69 Å². The minimum absolute atomic E-state index is 0.0203. The monoisotopic (exact) mass is 459 g/mol. The van der Waals surface area contributed by atoms with Crippen LogP contribution in [0, 0.1) is 6.92 Å². The largest absolute Gasteiger partial charge is 0.489 e. The van der Waals surface area contributed by atoms with Gasteiger partial charge in [-0.25, -0.2) is 0 Å². The van der Waals surface area contributed by atoms with Gasteiger partial charge in [0.1, 0.15) is 12.4 Å². The molecule has 4 rings (SSSR count). The molecule has 160 valence electrons. The number of hydrogen-bond donors (Lipinski definition) is 0. The Hall–Kier alpha value is -3.22. The van der Waals surface area contributed by atoms with Crippen LogP contribution in [-0.2, 0) is 11.4 Å². The highest BCUT2D eigenvalue weighted by molar-refractivity contribution is 8.27. The van der Waals surface area contributed by atoms with E-state index in [1.165, 1.54) is 29.1 Å². The Labute approximate surface area is 196 Å².